The number of halogens is 1. The highest BCUT2D eigenvalue weighted by atomic mass is 79.9. The first-order chi connectivity index (χ1) is 9.58. The lowest BCUT2D eigenvalue weighted by atomic mass is 10.3. The molecule has 0 saturated heterocycles. The molecule has 0 amide bonds. The van der Waals surface area contributed by atoms with Crippen molar-refractivity contribution in [2.75, 3.05) is 18.5 Å². The zero-order chi connectivity index (χ0) is 14.5. The van der Waals surface area contributed by atoms with Crippen LogP contribution in [-0.2, 0) is 6.54 Å². The summed E-state index contributed by atoms with van der Waals surface area (Å²) < 4.78 is 2.57. The molecule has 8 heteroatoms. The van der Waals surface area contributed by atoms with Gasteiger partial charge in [-0.3, -0.25) is 10.1 Å². The van der Waals surface area contributed by atoms with E-state index in [1.54, 1.807) is 30.7 Å². The molecule has 0 aliphatic carbocycles. The standard InChI is InChI=1S/C12H14BrN5O2/c1-16(4-2-5-17-6-3-14-9-17)12-11(18(19)20)7-10(13)8-15-12/h3,6-9H,2,4-5H2,1H3. The third-order valence-corrected chi connectivity index (χ3v) is 3.27. The Kier molecular flexibility index (Phi) is 4.67. The maximum absolute atomic E-state index is 11.0. The summed E-state index contributed by atoms with van der Waals surface area (Å²) in [4.78, 5) is 20.5. The van der Waals surface area contributed by atoms with Gasteiger partial charge in [-0.25, -0.2) is 9.97 Å². The largest absolute Gasteiger partial charge is 0.354 e. The molecule has 0 saturated carbocycles. The highest BCUT2D eigenvalue weighted by Crippen LogP contribution is 2.27. The van der Waals surface area contributed by atoms with Crippen LogP contribution in [0.4, 0.5) is 11.5 Å². The van der Waals surface area contributed by atoms with Gasteiger partial charge >= 0.3 is 5.69 Å². The number of aromatic nitrogens is 3. The molecule has 0 fully saturated rings. The second-order valence-corrected chi connectivity index (χ2v) is 5.24. The summed E-state index contributed by atoms with van der Waals surface area (Å²) in [5, 5.41) is 11.0. The van der Waals surface area contributed by atoms with Crippen LogP contribution >= 0.6 is 15.9 Å². The maximum atomic E-state index is 11.0. The van der Waals surface area contributed by atoms with Crippen molar-refractivity contribution in [2.24, 2.45) is 0 Å². The molecule has 106 valence electrons. The minimum atomic E-state index is -0.417. The molecule has 0 radical (unpaired) electrons. The molecule has 20 heavy (non-hydrogen) atoms. The third kappa shape index (κ3) is 3.53. The van der Waals surface area contributed by atoms with Crippen molar-refractivity contribution < 1.29 is 4.92 Å². The molecular weight excluding hydrogens is 326 g/mol. The van der Waals surface area contributed by atoms with E-state index in [0.717, 1.165) is 13.0 Å². The number of imidazole rings is 1. The highest BCUT2D eigenvalue weighted by Gasteiger charge is 2.19. The molecule has 7 nitrogen and oxygen atoms in total. The van der Waals surface area contributed by atoms with Crippen molar-refractivity contribution in [2.45, 2.75) is 13.0 Å². The average molecular weight is 340 g/mol. The van der Waals surface area contributed by atoms with Gasteiger partial charge in [-0.05, 0) is 22.4 Å². The normalized spacial score (nSPS) is 10.5. The predicted octanol–water partition coefficient (Wildman–Crippen LogP) is 2.48. The summed E-state index contributed by atoms with van der Waals surface area (Å²) in [7, 11) is 1.80. The van der Waals surface area contributed by atoms with Crippen molar-refractivity contribution in [3.63, 3.8) is 0 Å². The van der Waals surface area contributed by atoms with Gasteiger partial charge in [0, 0.05) is 49.3 Å². The van der Waals surface area contributed by atoms with E-state index in [9.17, 15) is 10.1 Å². The summed E-state index contributed by atoms with van der Waals surface area (Å²) in [6.45, 7) is 1.49. The first-order valence-corrected chi connectivity index (χ1v) is 6.84. The van der Waals surface area contributed by atoms with E-state index in [1.807, 2.05) is 10.8 Å². The van der Waals surface area contributed by atoms with Gasteiger partial charge in [-0.2, -0.15) is 0 Å². The lowest BCUT2D eigenvalue weighted by molar-refractivity contribution is -0.384. The fourth-order valence-corrected chi connectivity index (χ4v) is 2.18. The quantitative estimate of drug-likeness (QED) is 0.596. The molecule has 2 aromatic rings. The Morgan fingerprint density at radius 1 is 1.55 bits per heavy atom. The highest BCUT2D eigenvalue weighted by molar-refractivity contribution is 9.10. The van der Waals surface area contributed by atoms with Crippen molar-refractivity contribution in [1.29, 1.82) is 0 Å². The van der Waals surface area contributed by atoms with Crippen molar-refractivity contribution in [3.05, 3.63) is 45.6 Å². The van der Waals surface area contributed by atoms with Gasteiger partial charge < -0.3 is 9.47 Å². The molecule has 0 N–H and O–H groups in total. The number of hydrogen-bond acceptors (Lipinski definition) is 5. The van der Waals surface area contributed by atoms with E-state index >= 15 is 0 Å². The fraction of sp³-hybridized carbons (Fsp3) is 0.333. The molecule has 0 bridgehead atoms. The van der Waals surface area contributed by atoms with E-state index in [1.165, 1.54) is 6.07 Å². The Morgan fingerprint density at radius 3 is 3.00 bits per heavy atom. The van der Waals surface area contributed by atoms with Crippen LogP contribution in [0.15, 0.2) is 35.5 Å². The first kappa shape index (κ1) is 14.4. The number of nitrogens with zero attached hydrogens (tertiary/aromatic N) is 5. The molecule has 2 heterocycles. The molecule has 0 spiro atoms. The zero-order valence-corrected chi connectivity index (χ0v) is 12.5. The summed E-state index contributed by atoms with van der Waals surface area (Å²) in [5.74, 6) is 0.379. The minimum Gasteiger partial charge on any atom is -0.354 e. The van der Waals surface area contributed by atoms with Crippen molar-refractivity contribution in [3.8, 4) is 0 Å². The van der Waals surface area contributed by atoms with Crippen LogP contribution in [0, 0.1) is 10.1 Å². The van der Waals surface area contributed by atoms with Gasteiger partial charge in [-0.1, -0.05) is 0 Å². The Balaban J connectivity index is 2.01. The first-order valence-electron chi connectivity index (χ1n) is 6.04. The average Bonchev–Trinajstić information content (AvgIpc) is 2.91. The predicted molar refractivity (Wildman–Crippen MR) is 78.7 cm³/mol. The minimum absolute atomic E-state index is 0.00417. The van der Waals surface area contributed by atoms with Crippen molar-refractivity contribution >= 4 is 27.4 Å². The lowest BCUT2D eigenvalue weighted by Gasteiger charge is -2.18. The second-order valence-electron chi connectivity index (χ2n) is 4.33. The number of aryl methyl sites for hydroxylation is 1. The molecule has 0 aromatic carbocycles. The van der Waals surface area contributed by atoms with Gasteiger partial charge in [0.2, 0.25) is 5.82 Å². The smallest absolute Gasteiger partial charge is 0.312 e. The number of nitro groups is 1. The van der Waals surface area contributed by atoms with Crippen LogP contribution in [-0.4, -0.2) is 33.1 Å². The molecular formula is C12H14BrN5O2. The second kappa shape index (κ2) is 6.47. The van der Waals surface area contributed by atoms with Crippen molar-refractivity contribution in [1.82, 2.24) is 14.5 Å². The summed E-state index contributed by atoms with van der Waals surface area (Å²) in [5.41, 5.74) is 0.00417. The van der Waals surface area contributed by atoms with Gasteiger partial charge in [0.05, 0.1) is 11.3 Å². The van der Waals surface area contributed by atoms with E-state index in [2.05, 4.69) is 25.9 Å². The fourth-order valence-electron chi connectivity index (χ4n) is 1.87. The molecule has 2 aromatic heterocycles. The Hall–Kier alpha value is -1.96. The van der Waals surface area contributed by atoms with E-state index in [4.69, 9.17) is 0 Å². The Bertz CT molecular complexity index is 588. The van der Waals surface area contributed by atoms with Crippen LogP contribution in [0.2, 0.25) is 0 Å². The number of pyridine rings is 1. The molecule has 0 unspecified atom stereocenters. The summed E-state index contributed by atoms with van der Waals surface area (Å²) in [6, 6.07) is 1.47. The maximum Gasteiger partial charge on any atom is 0.312 e. The van der Waals surface area contributed by atoms with E-state index in [-0.39, 0.29) is 5.69 Å². The van der Waals surface area contributed by atoms with Crippen LogP contribution in [0.5, 0.6) is 0 Å². The molecule has 0 aliphatic heterocycles. The van der Waals surface area contributed by atoms with Gasteiger partial charge in [-0.15, -0.1) is 0 Å². The van der Waals surface area contributed by atoms with E-state index < -0.39 is 4.92 Å². The number of anilines is 1. The molecule has 0 atom stereocenters. The lowest BCUT2D eigenvalue weighted by Crippen LogP contribution is -2.22. The van der Waals surface area contributed by atoms with Gasteiger partial charge in [0.15, 0.2) is 0 Å². The third-order valence-electron chi connectivity index (χ3n) is 2.84. The SMILES string of the molecule is CN(CCCn1ccnc1)c1ncc(Br)cc1[N+](=O)[O-]. The van der Waals surface area contributed by atoms with E-state index in [0.29, 0.717) is 16.8 Å². The zero-order valence-electron chi connectivity index (χ0n) is 10.9. The topological polar surface area (TPSA) is 77.1 Å². The van der Waals surface area contributed by atoms with Crippen LogP contribution in [0.3, 0.4) is 0 Å². The van der Waals surface area contributed by atoms with Gasteiger partial charge in [0.1, 0.15) is 0 Å². The van der Waals surface area contributed by atoms with Crippen LogP contribution in [0.25, 0.3) is 0 Å². The monoisotopic (exact) mass is 339 g/mol. The summed E-state index contributed by atoms with van der Waals surface area (Å²) in [6.07, 6.45) is 7.78. The number of hydrogen-bond donors (Lipinski definition) is 0. The molecule has 2 rings (SSSR count). The Morgan fingerprint density at radius 2 is 2.35 bits per heavy atom. The van der Waals surface area contributed by atoms with Crippen LogP contribution < -0.4 is 4.90 Å². The van der Waals surface area contributed by atoms with Gasteiger partial charge in [0.25, 0.3) is 0 Å². The Labute approximate surface area is 124 Å². The molecule has 0 aliphatic rings. The summed E-state index contributed by atoms with van der Waals surface area (Å²) >= 11 is 3.20. The van der Waals surface area contributed by atoms with Crippen LogP contribution in [0.1, 0.15) is 6.42 Å². The number of rotatable bonds is 6.